The van der Waals surface area contributed by atoms with Gasteiger partial charge in [0.15, 0.2) is 0 Å². The molecule has 0 spiro atoms. The lowest BCUT2D eigenvalue weighted by atomic mass is 10.2. The lowest BCUT2D eigenvalue weighted by molar-refractivity contribution is 0.0419. The third kappa shape index (κ3) is 8.28. The average molecular weight is 578 g/mol. The molecule has 0 aromatic heterocycles. The zero-order valence-corrected chi connectivity index (χ0v) is 25.1. The van der Waals surface area contributed by atoms with Gasteiger partial charge in [-0.1, -0.05) is 27.7 Å². The molecule has 1 aliphatic carbocycles. The van der Waals surface area contributed by atoms with Crippen molar-refractivity contribution in [2.45, 2.75) is 57.7 Å². The fraction of sp³-hybridized carbons (Fsp3) is 0.548. The van der Waals surface area contributed by atoms with E-state index in [9.17, 15) is 9.59 Å². The summed E-state index contributed by atoms with van der Waals surface area (Å²) in [6.45, 7) is 12.6. The topological polar surface area (TPSA) is 59.1 Å². The molecular weight excluding hydrogens is 535 g/mol. The molecule has 8 heteroatoms. The molecule has 0 aliphatic heterocycles. The van der Waals surface area contributed by atoms with Gasteiger partial charge in [-0.25, -0.2) is 9.59 Å². The molecule has 2 aromatic carbocycles. The predicted molar refractivity (Wildman–Crippen MR) is 160 cm³/mol. The lowest BCUT2D eigenvalue weighted by Gasteiger charge is -2.23. The Balaban J connectivity index is 1.48. The van der Waals surface area contributed by atoms with Crippen LogP contribution in [0.1, 0.15) is 74.1 Å². The average Bonchev–Trinajstić information content (AvgIpc) is 3.48. The minimum atomic E-state index is -1.10. The molecule has 6 nitrogen and oxygen atoms in total. The molecule has 1 saturated carbocycles. The van der Waals surface area contributed by atoms with E-state index in [0.717, 1.165) is 63.2 Å². The van der Waals surface area contributed by atoms with E-state index in [-0.39, 0.29) is 25.0 Å². The second-order valence-corrected chi connectivity index (χ2v) is 11.6. The van der Waals surface area contributed by atoms with Gasteiger partial charge in [0.25, 0.3) is 0 Å². The van der Waals surface area contributed by atoms with Crippen molar-refractivity contribution in [3.8, 4) is 0 Å². The largest absolute Gasteiger partial charge is 0.462 e. The van der Waals surface area contributed by atoms with Gasteiger partial charge in [0.2, 0.25) is 0 Å². The van der Waals surface area contributed by atoms with Crippen LogP contribution in [0.25, 0.3) is 0 Å². The van der Waals surface area contributed by atoms with Crippen LogP contribution in [-0.2, 0) is 9.47 Å². The molecule has 0 bridgehead atoms. The van der Waals surface area contributed by atoms with Crippen molar-refractivity contribution in [1.82, 2.24) is 0 Å². The first-order valence-electron chi connectivity index (χ1n) is 14.2. The highest BCUT2D eigenvalue weighted by atomic mass is 35.5. The van der Waals surface area contributed by atoms with Crippen molar-refractivity contribution in [2.75, 3.05) is 49.2 Å². The van der Waals surface area contributed by atoms with Crippen LogP contribution in [0, 0.1) is 11.8 Å². The fourth-order valence-electron chi connectivity index (χ4n) is 4.85. The summed E-state index contributed by atoms with van der Waals surface area (Å²) in [7, 11) is 0. The Morgan fingerprint density at radius 3 is 1.23 bits per heavy atom. The second-order valence-electron chi connectivity index (χ2n) is 10.2. The van der Waals surface area contributed by atoms with Crippen molar-refractivity contribution < 1.29 is 19.1 Å². The molecule has 0 unspecified atom stereocenters. The number of alkyl halides is 2. The number of rotatable bonds is 16. The summed E-state index contributed by atoms with van der Waals surface area (Å²) in [5.74, 6) is -1.46. The van der Waals surface area contributed by atoms with E-state index in [4.69, 9.17) is 32.7 Å². The number of halogens is 2. The van der Waals surface area contributed by atoms with Crippen LogP contribution in [-0.4, -0.2) is 55.7 Å². The Morgan fingerprint density at radius 1 is 0.641 bits per heavy atom. The van der Waals surface area contributed by atoms with E-state index in [1.54, 1.807) is 24.3 Å². The maximum atomic E-state index is 12.6. The molecule has 1 aliphatic rings. The van der Waals surface area contributed by atoms with Gasteiger partial charge in [-0.2, -0.15) is 0 Å². The van der Waals surface area contributed by atoms with Gasteiger partial charge in [-0.05, 0) is 74.2 Å². The number of anilines is 2. The molecule has 0 amide bonds. The Kier molecular flexibility index (Phi) is 11.8. The standard InChI is InChI=1S/C31H42Cl2N2O4/c1-5-17-34(18-6-2)25-13-9-23(10-14-25)29(36)38-21-27-28(31(27,32)33)22-39-30(37)24-11-15-26(16-12-24)35(19-7-3)20-8-4/h9-16,27-28H,5-8,17-22H2,1-4H3/t27-,28-/m1/s1. The van der Waals surface area contributed by atoms with E-state index < -0.39 is 16.3 Å². The summed E-state index contributed by atoms with van der Waals surface area (Å²) in [5, 5.41) is 0. The summed E-state index contributed by atoms with van der Waals surface area (Å²) >= 11 is 12.9. The highest BCUT2D eigenvalue weighted by molar-refractivity contribution is 6.51. The quantitative estimate of drug-likeness (QED) is 0.153. The normalized spacial score (nSPS) is 17.4. The first-order valence-corrected chi connectivity index (χ1v) is 14.9. The van der Waals surface area contributed by atoms with Gasteiger partial charge in [0.1, 0.15) is 4.33 Å². The third-order valence-corrected chi connectivity index (χ3v) is 8.18. The molecule has 3 rings (SSSR count). The molecule has 0 heterocycles. The van der Waals surface area contributed by atoms with Crippen molar-refractivity contribution in [3.05, 3.63) is 59.7 Å². The van der Waals surface area contributed by atoms with Gasteiger partial charge in [0.05, 0.1) is 24.3 Å². The number of esters is 2. The highest BCUT2D eigenvalue weighted by Gasteiger charge is 2.64. The molecule has 1 fully saturated rings. The van der Waals surface area contributed by atoms with Gasteiger partial charge < -0.3 is 19.3 Å². The maximum absolute atomic E-state index is 12.6. The molecule has 214 valence electrons. The summed E-state index contributed by atoms with van der Waals surface area (Å²) < 4.78 is 9.93. The molecule has 2 atom stereocenters. The lowest BCUT2D eigenvalue weighted by Crippen LogP contribution is -2.24. The number of benzene rings is 2. The van der Waals surface area contributed by atoms with Crippen molar-refractivity contribution in [2.24, 2.45) is 11.8 Å². The van der Waals surface area contributed by atoms with Gasteiger partial charge in [-0.15, -0.1) is 23.2 Å². The van der Waals surface area contributed by atoms with Crippen LogP contribution in [0.15, 0.2) is 48.5 Å². The monoisotopic (exact) mass is 576 g/mol. The summed E-state index contributed by atoms with van der Waals surface area (Å²) in [6.07, 6.45) is 4.24. The minimum Gasteiger partial charge on any atom is -0.462 e. The zero-order chi connectivity index (χ0) is 28.4. The smallest absolute Gasteiger partial charge is 0.338 e. The van der Waals surface area contributed by atoms with Crippen LogP contribution in [0.3, 0.4) is 0 Å². The Morgan fingerprint density at radius 2 is 0.949 bits per heavy atom. The van der Waals surface area contributed by atoms with Crippen LogP contribution >= 0.6 is 23.2 Å². The Bertz CT molecular complexity index is 964. The maximum Gasteiger partial charge on any atom is 0.338 e. The Labute approximate surface area is 243 Å². The zero-order valence-electron chi connectivity index (χ0n) is 23.6. The molecule has 0 radical (unpaired) electrons. The number of carbonyl (C=O) groups is 2. The SMILES string of the molecule is CCCN(CCC)c1ccc(C(=O)OC[C@@H]2[C@@H](COC(=O)c3ccc(N(CCC)CCC)cc3)C2(Cl)Cl)cc1. The van der Waals surface area contributed by atoms with Gasteiger partial charge in [0, 0.05) is 49.4 Å². The predicted octanol–water partition coefficient (Wildman–Crippen LogP) is 7.37. The van der Waals surface area contributed by atoms with E-state index in [1.165, 1.54) is 0 Å². The molecule has 2 aromatic rings. The number of hydrogen-bond donors (Lipinski definition) is 0. The summed E-state index contributed by atoms with van der Waals surface area (Å²) in [4.78, 5) is 29.9. The van der Waals surface area contributed by atoms with E-state index >= 15 is 0 Å². The van der Waals surface area contributed by atoms with Gasteiger partial charge in [-0.3, -0.25) is 0 Å². The Hall–Kier alpha value is -2.44. The molecule has 0 saturated heterocycles. The van der Waals surface area contributed by atoms with Crippen molar-refractivity contribution in [3.63, 3.8) is 0 Å². The van der Waals surface area contributed by atoms with Gasteiger partial charge >= 0.3 is 11.9 Å². The van der Waals surface area contributed by atoms with Crippen LogP contribution < -0.4 is 9.80 Å². The number of carbonyl (C=O) groups excluding carboxylic acids is 2. The summed E-state index contributed by atoms with van der Waals surface area (Å²) in [6, 6.07) is 14.9. The molecular formula is C31H42Cl2N2O4. The first-order chi connectivity index (χ1) is 18.8. The van der Waals surface area contributed by atoms with E-state index in [2.05, 4.69) is 37.5 Å². The van der Waals surface area contributed by atoms with Crippen molar-refractivity contribution >= 4 is 46.5 Å². The number of ether oxygens (including phenoxy) is 2. The summed E-state index contributed by atoms with van der Waals surface area (Å²) in [5.41, 5.74) is 3.14. The highest BCUT2D eigenvalue weighted by Crippen LogP contribution is 2.59. The van der Waals surface area contributed by atoms with Crippen molar-refractivity contribution in [1.29, 1.82) is 0 Å². The fourth-order valence-corrected chi connectivity index (χ4v) is 5.58. The first kappa shape index (κ1) is 31.1. The molecule has 0 N–H and O–H groups in total. The number of nitrogens with zero attached hydrogens (tertiary/aromatic N) is 2. The second kappa shape index (κ2) is 14.8. The van der Waals surface area contributed by atoms with E-state index in [0.29, 0.717) is 11.1 Å². The third-order valence-electron chi connectivity index (χ3n) is 7.06. The number of hydrogen-bond acceptors (Lipinski definition) is 6. The minimum absolute atomic E-state index is 0.0625. The van der Waals surface area contributed by atoms with E-state index in [1.807, 2.05) is 24.3 Å². The van der Waals surface area contributed by atoms with Crippen LogP contribution in [0.5, 0.6) is 0 Å². The van der Waals surface area contributed by atoms with Crippen LogP contribution in [0.2, 0.25) is 0 Å². The molecule has 39 heavy (non-hydrogen) atoms. The van der Waals surface area contributed by atoms with Crippen LogP contribution in [0.4, 0.5) is 11.4 Å².